The molecule has 0 unspecified atom stereocenters. The molecule has 0 fully saturated rings. The number of nitrogens with zero attached hydrogens (tertiary/aromatic N) is 2. The maximum absolute atomic E-state index is 12.9. The Balaban J connectivity index is 1.90. The summed E-state index contributed by atoms with van der Waals surface area (Å²) < 4.78 is 0. The molecule has 0 saturated carbocycles. The van der Waals surface area contributed by atoms with E-state index in [9.17, 15) is 4.79 Å². The number of carbonyl (C=O) groups is 1. The highest BCUT2D eigenvalue weighted by atomic mass is 16.2. The zero-order valence-corrected chi connectivity index (χ0v) is 15.1. The molecule has 0 aliphatic carbocycles. The van der Waals surface area contributed by atoms with E-state index in [1.165, 1.54) is 22.0 Å². The predicted octanol–water partition coefficient (Wildman–Crippen LogP) is 3.07. The summed E-state index contributed by atoms with van der Waals surface area (Å²) in [6, 6.07) is 6.50. The molecule has 1 aromatic heterocycles. The Morgan fingerprint density at radius 3 is 2.79 bits per heavy atom. The van der Waals surface area contributed by atoms with Crippen LogP contribution in [-0.4, -0.2) is 53.9 Å². The number of hydrogen-bond donors (Lipinski definition) is 1. The lowest BCUT2D eigenvalue weighted by atomic mass is 9.93. The van der Waals surface area contributed by atoms with Crippen LogP contribution in [0.15, 0.2) is 24.4 Å². The Bertz CT molecular complexity index is 702. The summed E-state index contributed by atoms with van der Waals surface area (Å²) >= 11 is 0. The van der Waals surface area contributed by atoms with Gasteiger partial charge in [0.25, 0.3) is 0 Å². The first kappa shape index (κ1) is 17.0. The molecular formula is C20H29N3O. The summed E-state index contributed by atoms with van der Waals surface area (Å²) in [5.74, 6) is 0.402. The second kappa shape index (κ2) is 7.39. The van der Waals surface area contributed by atoms with Crippen LogP contribution in [0.4, 0.5) is 0 Å². The Morgan fingerprint density at radius 2 is 2.04 bits per heavy atom. The molecule has 2 aromatic rings. The van der Waals surface area contributed by atoms with Gasteiger partial charge in [0.05, 0.1) is 5.92 Å². The van der Waals surface area contributed by atoms with E-state index in [1.54, 1.807) is 0 Å². The number of aryl methyl sites for hydroxylation is 1. The van der Waals surface area contributed by atoms with Gasteiger partial charge in [-0.05, 0) is 57.4 Å². The molecule has 0 spiro atoms. The van der Waals surface area contributed by atoms with E-state index in [0.717, 1.165) is 45.4 Å². The highest BCUT2D eigenvalue weighted by Gasteiger charge is 2.25. The first-order chi connectivity index (χ1) is 11.6. The number of aromatic amines is 1. The molecule has 3 rings (SSSR count). The first-order valence-electron chi connectivity index (χ1n) is 9.19. The van der Waals surface area contributed by atoms with Gasteiger partial charge in [0.15, 0.2) is 0 Å². The Hall–Kier alpha value is -1.81. The lowest BCUT2D eigenvalue weighted by molar-refractivity contribution is -0.136. The minimum atomic E-state index is 0.0886. The maximum Gasteiger partial charge on any atom is 0.226 e. The van der Waals surface area contributed by atoms with Crippen LogP contribution in [-0.2, 0) is 17.6 Å². The van der Waals surface area contributed by atoms with Crippen LogP contribution in [0.5, 0.6) is 0 Å². The number of likely N-dealkylation sites (N-methyl/N-ethyl adjacent to an activating group) is 1. The number of nitrogens with one attached hydrogen (secondary N) is 1. The molecule has 130 valence electrons. The van der Waals surface area contributed by atoms with Gasteiger partial charge in [-0.1, -0.05) is 12.1 Å². The largest absolute Gasteiger partial charge is 0.361 e. The number of benzene rings is 1. The lowest BCUT2D eigenvalue weighted by Gasteiger charge is -2.29. The van der Waals surface area contributed by atoms with Crippen molar-refractivity contribution >= 4 is 16.8 Å². The van der Waals surface area contributed by atoms with Crippen LogP contribution < -0.4 is 0 Å². The van der Waals surface area contributed by atoms with E-state index < -0.39 is 0 Å². The fourth-order valence-corrected chi connectivity index (χ4v) is 3.94. The fraction of sp³-hybridized carbons (Fsp3) is 0.550. The molecule has 1 amide bonds. The van der Waals surface area contributed by atoms with E-state index in [0.29, 0.717) is 5.91 Å². The second-order valence-electron chi connectivity index (χ2n) is 6.91. The van der Waals surface area contributed by atoms with Crippen LogP contribution in [0.2, 0.25) is 0 Å². The first-order valence-corrected chi connectivity index (χ1v) is 9.19. The molecule has 4 heteroatoms. The Labute approximate surface area is 144 Å². The van der Waals surface area contributed by atoms with E-state index in [-0.39, 0.29) is 5.92 Å². The minimum Gasteiger partial charge on any atom is -0.361 e. The van der Waals surface area contributed by atoms with Crippen LogP contribution >= 0.6 is 0 Å². The number of amides is 1. The van der Waals surface area contributed by atoms with Crippen molar-refractivity contribution in [2.24, 2.45) is 5.92 Å². The van der Waals surface area contributed by atoms with Gasteiger partial charge >= 0.3 is 0 Å². The third-order valence-electron chi connectivity index (χ3n) is 5.36. The normalized spacial score (nSPS) is 19.4. The number of hydrogen-bond acceptors (Lipinski definition) is 2. The van der Waals surface area contributed by atoms with Crippen molar-refractivity contribution in [1.29, 1.82) is 0 Å². The topological polar surface area (TPSA) is 39.3 Å². The van der Waals surface area contributed by atoms with Crippen LogP contribution in [0, 0.1) is 5.92 Å². The van der Waals surface area contributed by atoms with Crippen molar-refractivity contribution in [3.05, 3.63) is 35.5 Å². The SMILES string of the molecule is CCN(CC)C(=O)[C@@H]1CCc2cccc3[nH]cc(c23)CCN(C)C1. The summed E-state index contributed by atoms with van der Waals surface area (Å²) in [7, 11) is 2.14. The van der Waals surface area contributed by atoms with Gasteiger partial charge < -0.3 is 14.8 Å². The van der Waals surface area contributed by atoms with Crippen molar-refractivity contribution in [3.8, 4) is 0 Å². The number of rotatable bonds is 3. The maximum atomic E-state index is 12.9. The van der Waals surface area contributed by atoms with Crippen molar-refractivity contribution in [2.45, 2.75) is 33.1 Å². The second-order valence-corrected chi connectivity index (χ2v) is 6.91. The van der Waals surface area contributed by atoms with Crippen molar-refractivity contribution < 1.29 is 4.79 Å². The summed E-state index contributed by atoms with van der Waals surface area (Å²) in [4.78, 5) is 20.6. The molecule has 0 saturated heterocycles. The van der Waals surface area contributed by atoms with E-state index in [4.69, 9.17) is 0 Å². The van der Waals surface area contributed by atoms with Crippen molar-refractivity contribution in [1.82, 2.24) is 14.8 Å². The lowest BCUT2D eigenvalue weighted by Crippen LogP contribution is -2.41. The third kappa shape index (κ3) is 3.34. The Morgan fingerprint density at radius 1 is 1.25 bits per heavy atom. The molecule has 1 aliphatic heterocycles. The zero-order chi connectivity index (χ0) is 17.1. The Kier molecular flexibility index (Phi) is 5.24. The smallest absolute Gasteiger partial charge is 0.226 e. The fourth-order valence-electron chi connectivity index (χ4n) is 3.94. The van der Waals surface area contributed by atoms with Gasteiger partial charge in [-0.25, -0.2) is 0 Å². The van der Waals surface area contributed by atoms with Crippen LogP contribution in [0.25, 0.3) is 10.9 Å². The average Bonchev–Trinajstić information content (AvgIpc) is 3.01. The van der Waals surface area contributed by atoms with Gasteiger partial charge in [0.2, 0.25) is 5.91 Å². The molecule has 0 bridgehead atoms. The van der Waals surface area contributed by atoms with Gasteiger partial charge in [0, 0.05) is 43.3 Å². The van der Waals surface area contributed by atoms with Gasteiger partial charge in [-0.2, -0.15) is 0 Å². The number of carbonyl (C=O) groups excluding carboxylic acids is 1. The van der Waals surface area contributed by atoms with Crippen molar-refractivity contribution in [2.75, 3.05) is 33.2 Å². The number of aromatic nitrogens is 1. The van der Waals surface area contributed by atoms with Gasteiger partial charge in [-0.3, -0.25) is 4.79 Å². The summed E-state index contributed by atoms with van der Waals surface area (Å²) in [5, 5.41) is 1.38. The molecule has 0 radical (unpaired) electrons. The van der Waals surface area contributed by atoms with E-state index in [1.807, 2.05) is 4.90 Å². The summed E-state index contributed by atoms with van der Waals surface area (Å²) in [6.07, 6.45) is 5.07. The quantitative estimate of drug-likeness (QED) is 0.941. The molecule has 1 N–H and O–H groups in total. The van der Waals surface area contributed by atoms with Crippen molar-refractivity contribution in [3.63, 3.8) is 0 Å². The average molecular weight is 327 g/mol. The molecule has 2 heterocycles. The highest BCUT2D eigenvalue weighted by molar-refractivity contribution is 5.87. The molecule has 1 aromatic carbocycles. The zero-order valence-electron chi connectivity index (χ0n) is 15.1. The van der Waals surface area contributed by atoms with Crippen LogP contribution in [0.1, 0.15) is 31.4 Å². The summed E-state index contributed by atoms with van der Waals surface area (Å²) in [6.45, 7) is 7.57. The predicted molar refractivity (Wildman–Crippen MR) is 99.2 cm³/mol. The molecular weight excluding hydrogens is 298 g/mol. The molecule has 24 heavy (non-hydrogen) atoms. The van der Waals surface area contributed by atoms with E-state index in [2.05, 4.69) is 55.2 Å². The molecule has 4 nitrogen and oxygen atoms in total. The molecule has 1 aliphatic rings. The standard InChI is InChI=1S/C20H29N3O/c1-4-23(5-2)20(24)17-10-9-15-7-6-8-18-19(15)16(13-21-18)11-12-22(3)14-17/h6-8,13,17,21H,4-5,9-12,14H2,1-3H3/t17-/m1/s1. The highest BCUT2D eigenvalue weighted by Crippen LogP contribution is 2.27. The number of H-pyrrole nitrogens is 1. The monoisotopic (exact) mass is 327 g/mol. The molecule has 1 atom stereocenters. The van der Waals surface area contributed by atoms with Crippen LogP contribution in [0.3, 0.4) is 0 Å². The van der Waals surface area contributed by atoms with Gasteiger partial charge in [-0.15, -0.1) is 0 Å². The van der Waals surface area contributed by atoms with Gasteiger partial charge in [0.1, 0.15) is 0 Å². The third-order valence-corrected chi connectivity index (χ3v) is 5.36. The van der Waals surface area contributed by atoms with E-state index >= 15 is 0 Å². The minimum absolute atomic E-state index is 0.0886. The summed E-state index contributed by atoms with van der Waals surface area (Å²) in [5.41, 5.74) is 4.00.